The molecule has 2 aromatic carbocycles. The average molecular weight is 379 g/mol. The molecule has 3 N–H and O–H groups in total. The van der Waals surface area contributed by atoms with Gasteiger partial charge in [-0.05, 0) is 56.0 Å². The number of rotatable bonds is 6. The van der Waals surface area contributed by atoms with Crippen LogP contribution in [-0.2, 0) is 16.0 Å². The number of hydrogen-bond donors (Lipinski definition) is 3. The molecule has 0 aliphatic carbocycles. The summed E-state index contributed by atoms with van der Waals surface area (Å²) in [6.45, 7) is 5.58. The molecule has 6 nitrogen and oxygen atoms in total. The standard InChI is InChI=1S/C22H25N3O3/c1-14-7-6-10-20(15(14)2)28-16(3)22(27)25-24-21(26)12-11-17-13-23-19-9-5-4-8-18(17)19/h4-10,13,16,23H,11-12H2,1-3H3,(H,24,26)(H,25,27). The number of aromatic amines is 1. The first kappa shape index (κ1) is 19.5. The lowest BCUT2D eigenvalue weighted by molar-refractivity contribution is -0.132. The second kappa shape index (κ2) is 8.61. The van der Waals surface area contributed by atoms with Gasteiger partial charge in [-0.2, -0.15) is 0 Å². The highest BCUT2D eigenvalue weighted by atomic mass is 16.5. The van der Waals surface area contributed by atoms with Crippen LogP contribution in [0.4, 0.5) is 0 Å². The molecule has 28 heavy (non-hydrogen) atoms. The van der Waals surface area contributed by atoms with Crippen LogP contribution in [-0.4, -0.2) is 22.9 Å². The summed E-state index contributed by atoms with van der Waals surface area (Å²) >= 11 is 0. The maximum absolute atomic E-state index is 12.2. The Bertz CT molecular complexity index is 994. The molecule has 3 rings (SSSR count). The number of carbonyl (C=O) groups is 2. The quantitative estimate of drug-likeness (QED) is 0.575. The van der Waals surface area contributed by atoms with Crippen molar-refractivity contribution >= 4 is 22.7 Å². The van der Waals surface area contributed by atoms with E-state index in [0.717, 1.165) is 27.6 Å². The molecule has 0 aliphatic rings. The summed E-state index contributed by atoms with van der Waals surface area (Å²) in [5.41, 5.74) is 9.09. The van der Waals surface area contributed by atoms with E-state index in [4.69, 9.17) is 4.74 Å². The second-order valence-electron chi connectivity index (χ2n) is 6.86. The number of carbonyl (C=O) groups excluding carboxylic acids is 2. The first-order valence-corrected chi connectivity index (χ1v) is 9.32. The molecular weight excluding hydrogens is 354 g/mol. The molecule has 146 valence electrons. The van der Waals surface area contributed by atoms with Gasteiger partial charge in [-0.25, -0.2) is 0 Å². The maximum atomic E-state index is 12.2. The third-order valence-corrected chi connectivity index (χ3v) is 4.85. The molecule has 2 amide bonds. The molecule has 0 fully saturated rings. The van der Waals surface area contributed by atoms with E-state index in [1.807, 2.05) is 62.5 Å². The van der Waals surface area contributed by atoms with E-state index in [1.54, 1.807) is 6.92 Å². The predicted octanol–water partition coefficient (Wildman–Crippen LogP) is 3.33. The molecule has 0 saturated carbocycles. The number of hydrazine groups is 1. The summed E-state index contributed by atoms with van der Waals surface area (Å²) in [6.07, 6.45) is 2.04. The summed E-state index contributed by atoms with van der Waals surface area (Å²) in [5, 5.41) is 1.11. The van der Waals surface area contributed by atoms with Crippen molar-refractivity contribution in [1.29, 1.82) is 0 Å². The molecule has 0 spiro atoms. The summed E-state index contributed by atoms with van der Waals surface area (Å²) in [7, 11) is 0. The van der Waals surface area contributed by atoms with Crippen molar-refractivity contribution in [3.8, 4) is 5.75 Å². The normalized spacial score (nSPS) is 11.8. The van der Waals surface area contributed by atoms with Crippen LogP contribution >= 0.6 is 0 Å². The van der Waals surface area contributed by atoms with Crippen molar-refractivity contribution in [1.82, 2.24) is 15.8 Å². The van der Waals surface area contributed by atoms with Crippen LogP contribution in [0.25, 0.3) is 10.9 Å². The van der Waals surface area contributed by atoms with Crippen LogP contribution in [0.2, 0.25) is 0 Å². The van der Waals surface area contributed by atoms with Crippen LogP contribution in [0.1, 0.15) is 30.0 Å². The van der Waals surface area contributed by atoms with E-state index in [9.17, 15) is 9.59 Å². The minimum atomic E-state index is -0.727. The predicted molar refractivity (Wildman–Crippen MR) is 109 cm³/mol. The first-order valence-electron chi connectivity index (χ1n) is 9.32. The fourth-order valence-corrected chi connectivity index (χ4v) is 2.98. The van der Waals surface area contributed by atoms with Gasteiger partial charge in [0, 0.05) is 23.5 Å². The Morgan fingerprint density at radius 3 is 2.68 bits per heavy atom. The van der Waals surface area contributed by atoms with Gasteiger partial charge in [-0.1, -0.05) is 30.3 Å². The van der Waals surface area contributed by atoms with E-state index in [0.29, 0.717) is 12.2 Å². The van der Waals surface area contributed by atoms with Gasteiger partial charge in [0.25, 0.3) is 5.91 Å². The zero-order valence-electron chi connectivity index (χ0n) is 16.3. The molecule has 1 aromatic heterocycles. The Hall–Kier alpha value is -3.28. The minimum absolute atomic E-state index is 0.252. The van der Waals surface area contributed by atoms with Gasteiger partial charge in [-0.15, -0.1) is 0 Å². The van der Waals surface area contributed by atoms with Crippen LogP contribution in [0.3, 0.4) is 0 Å². The number of aryl methyl sites for hydroxylation is 2. The van der Waals surface area contributed by atoms with Crippen molar-refractivity contribution in [2.75, 3.05) is 0 Å². The number of aromatic nitrogens is 1. The Morgan fingerprint density at radius 2 is 1.86 bits per heavy atom. The van der Waals surface area contributed by atoms with Gasteiger partial charge in [0.1, 0.15) is 5.75 Å². The van der Waals surface area contributed by atoms with Gasteiger partial charge in [0.2, 0.25) is 5.91 Å². The summed E-state index contributed by atoms with van der Waals surface area (Å²) < 4.78 is 5.72. The zero-order chi connectivity index (χ0) is 20.1. The SMILES string of the molecule is Cc1cccc(OC(C)C(=O)NNC(=O)CCc2c[nH]c3ccccc23)c1C. The number of H-pyrrole nitrogens is 1. The second-order valence-corrected chi connectivity index (χ2v) is 6.86. The van der Waals surface area contributed by atoms with E-state index >= 15 is 0 Å². The van der Waals surface area contributed by atoms with Gasteiger partial charge in [0.05, 0.1) is 0 Å². The number of para-hydroxylation sites is 1. The molecule has 6 heteroatoms. The summed E-state index contributed by atoms with van der Waals surface area (Å²) in [4.78, 5) is 27.5. The molecule has 1 heterocycles. The summed E-state index contributed by atoms with van der Waals surface area (Å²) in [5.74, 6) is 0.00669. The molecule has 0 aliphatic heterocycles. The lowest BCUT2D eigenvalue weighted by Crippen LogP contribution is -2.47. The number of hydrogen-bond acceptors (Lipinski definition) is 3. The fourth-order valence-electron chi connectivity index (χ4n) is 2.98. The Labute approximate surface area is 164 Å². The van der Waals surface area contributed by atoms with Crippen molar-refractivity contribution in [3.63, 3.8) is 0 Å². The number of benzene rings is 2. The molecule has 0 radical (unpaired) electrons. The molecule has 1 atom stereocenters. The number of ether oxygens (including phenoxy) is 1. The van der Waals surface area contributed by atoms with Crippen molar-refractivity contribution in [2.24, 2.45) is 0 Å². The average Bonchev–Trinajstić information content (AvgIpc) is 3.11. The smallest absolute Gasteiger partial charge is 0.279 e. The topological polar surface area (TPSA) is 83.2 Å². The molecule has 0 bridgehead atoms. The molecule has 1 unspecified atom stereocenters. The van der Waals surface area contributed by atoms with Crippen LogP contribution in [0.5, 0.6) is 5.75 Å². The van der Waals surface area contributed by atoms with Crippen LogP contribution in [0.15, 0.2) is 48.7 Å². The monoisotopic (exact) mass is 379 g/mol. The number of amides is 2. The summed E-state index contributed by atoms with van der Waals surface area (Å²) in [6, 6.07) is 13.6. The highest BCUT2D eigenvalue weighted by Gasteiger charge is 2.17. The van der Waals surface area contributed by atoms with Crippen molar-refractivity contribution < 1.29 is 14.3 Å². The van der Waals surface area contributed by atoms with Crippen molar-refractivity contribution in [3.05, 3.63) is 65.4 Å². The molecule has 0 saturated heterocycles. The molecular formula is C22H25N3O3. The van der Waals surface area contributed by atoms with Crippen LogP contribution in [0, 0.1) is 13.8 Å². The first-order chi connectivity index (χ1) is 13.5. The Morgan fingerprint density at radius 1 is 1.07 bits per heavy atom. The molecule has 3 aromatic rings. The highest BCUT2D eigenvalue weighted by Crippen LogP contribution is 2.22. The number of fused-ring (bicyclic) bond motifs is 1. The third-order valence-electron chi connectivity index (χ3n) is 4.85. The lowest BCUT2D eigenvalue weighted by Gasteiger charge is -2.17. The van der Waals surface area contributed by atoms with Crippen molar-refractivity contribution in [2.45, 2.75) is 39.7 Å². The fraction of sp³-hybridized carbons (Fsp3) is 0.273. The third kappa shape index (κ3) is 4.52. The Balaban J connectivity index is 1.47. The highest BCUT2D eigenvalue weighted by molar-refractivity contribution is 5.86. The zero-order valence-corrected chi connectivity index (χ0v) is 16.3. The van der Waals surface area contributed by atoms with E-state index in [1.165, 1.54) is 0 Å². The van der Waals surface area contributed by atoms with Gasteiger partial charge in [0.15, 0.2) is 6.10 Å². The van der Waals surface area contributed by atoms with E-state index in [-0.39, 0.29) is 12.3 Å². The van der Waals surface area contributed by atoms with Gasteiger partial charge < -0.3 is 9.72 Å². The van der Waals surface area contributed by atoms with E-state index < -0.39 is 12.0 Å². The number of nitrogens with one attached hydrogen (secondary N) is 3. The van der Waals surface area contributed by atoms with Crippen LogP contribution < -0.4 is 15.6 Å². The van der Waals surface area contributed by atoms with Gasteiger partial charge in [-0.3, -0.25) is 20.4 Å². The largest absolute Gasteiger partial charge is 0.481 e. The maximum Gasteiger partial charge on any atom is 0.279 e. The Kier molecular flexibility index (Phi) is 5.99. The lowest BCUT2D eigenvalue weighted by atomic mass is 10.1. The minimum Gasteiger partial charge on any atom is -0.481 e. The van der Waals surface area contributed by atoms with Gasteiger partial charge >= 0.3 is 0 Å². The van der Waals surface area contributed by atoms with E-state index in [2.05, 4.69) is 15.8 Å².